The van der Waals surface area contributed by atoms with Crippen molar-refractivity contribution < 1.29 is 9.18 Å². The van der Waals surface area contributed by atoms with Crippen molar-refractivity contribution in [3.8, 4) is 11.3 Å². The minimum absolute atomic E-state index is 0.238. The number of aryl methyl sites for hydroxylation is 1. The third kappa shape index (κ3) is 3.01. The highest BCUT2D eigenvalue weighted by Crippen LogP contribution is 2.26. The summed E-state index contributed by atoms with van der Waals surface area (Å²) >= 11 is 1.40. The molecular weight excluding hydrogens is 339 g/mol. The van der Waals surface area contributed by atoms with Crippen LogP contribution >= 0.6 is 11.3 Å². The van der Waals surface area contributed by atoms with Crippen LogP contribution in [0.25, 0.3) is 16.2 Å². The number of nitrogens with one attached hydrogen (secondary N) is 1. The van der Waals surface area contributed by atoms with Gasteiger partial charge in [0, 0.05) is 16.5 Å². The second kappa shape index (κ2) is 6.10. The van der Waals surface area contributed by atoms with Crippen molar-refractivity contribution in [1.82, 2.24) is 14.6 Å². The first-order valence-corrected chi connectivity index (χ1v) is 8.46. The number of nitrogens with zero attached hydrogens (tertiary/aromatic N) is 3. The molecule has 0 fully saturated rings. The molecule has 0 bridgehead atoms. The number of amides is 1. The van der Waals surface area contributed by atoms with Gasteiger partial charge in [0.25, 0.3) is 11.9 Å². The van der Waals surface area contributed by atoms with Gasteiger partial charge < -0.3 is 0 Å². The first-order chi connectivity index (χ1) is 12.1. The van der Waals surface area contributed by atoms with E-state index in [1.54, 1.807) is 28.8 Å². The molecule has 1 N–H and O–H groups in total. The lowest BCUT2D eigenvalue weighted by molar-refractivity contribution is 0.102. The van der Waals surface area contributed by atoms with Gasteiger partial charge in [-0.2, -0.15) is 4.98 Å². The molecule has 2 aromatic carbocycles. The topological polar surface area (TPSA) is 59.3 Å². The zero-order valence-electron chi connectivity index (χ0n) is 13.2. The van der Waals surface area contributed by atoms with E-state index in [2.05, 4.69) is 15.4 Å². The van der Waals surface area contributed by atoms with Crippen molar-refractivity contribution in [2.24, 2.45) is 0 Å². The summed E-state index contributed by atoms with van der Waals surface area (Å²) in [4.78, 5) is 17.3. The number of rotatable bonds is 3. The number of carbonyl (C=O) groups is 1. The van der Waals surface area contributed by atoms with E-state index in [4.69, 9.17) is 0 Å². The Labute approximate surface area is 146 Å². The number of aromatic nitrogens is 3. The van der Waals surface area contributed by atoms with E-state index in [0.717, 1.165) is 16.8 Å². The second-order valence-electron chi connectivity index (χ2n) is 5.58. The first kappa shape index (κ1) is 15.5. The number of fused-ring (bicyclic) bond motifs is 1. The van der Waals surface area contributed by atoms with E-state index in [0.29, 0.717) is 10.5 Å². The molecule has 0 saturated carbocycles. The van der Waals surface area contributed by atoms with Gasteiger partial charge in [0.15, 0.2) is 0 Å². The highest BCUT2D eigenvalue weighted by Gasteiger charge is 2.14. The minimum atomic E-state index is -0.292. The molecule has 2 aromatic heterocycles. The maximum Gasteiger partial charge on any atom is 0.258 e. The summed E-state index contributed by atoms with van der Waals surface area (Å²) in [5.74, 6) is -0.313. The summed E-state index contributed by atoms with van der Waals surface area (Å²) in [7, 11) is 0. The molecule has 7 heteroatoms. The van der Waals surface area contributed by atoms with E-state index in [1.165, 1.54) is 23.5 Å². The maximum atomic E-state index is 13.1. The average molecular weight is 352 g/mol. The SMILES string of the molecule is Cc1cccc(C(=O)Nc2nc3scc(-c4ccc(F)cc4)n3n2)c1. The molecule has 2 heterocycles. The Morgan fingerprint density at radius 3 is 2.76 bits per heavy atom. The molecule has 0 spiro atoms. The number of carbonyl (C=O) groups excluding carboxylic acids is 1. The van der Waals surface area contributed by atoms with Crippen LogP contribution in [0.1, 0.15) is 15.9 Å². The lowest BCUT2D eigenvalue weighted by Gasteiger charge is -2.02. The zero-order chi connectivity index (χ0) is 17.4. The fourth-order valence-corrected chi connectivity index (χ4v) is 3.34. The van der Waals surface area contributed by atoms with Gasteiger partial charge in [0.2, 0.25) is 4.96 Å². The second-order valence-corrected chi connectivity index (χ2v) is 6.42. The van der Waals surface area contributed by atoms with Gasteiger partial charge in [-0.3, -0.25) is 10.1 Å². The van der Waals surface area contributed by atoms with Crippen LogP contribution in [0, 0.1) is 12.7 Å². The van der Waals surface area contributed by atoms with Gasteiger partial charge in [-0.15, -0.1) is 16.4 Å². The number of halogens is 1. The fourth-order valence-electron chi connectivity index (χ4n) is 2.51. The Balaban J connectivity index is 1.64. The van der Waals surface area contributed by atoms with Crippen molar-refractivity contribution in [1.29, 1.82) is 0 Å². The lowest BCUT2D eigenvalue weighted by atomic mass is 10.1. The fraction of sp³-hybridized carbons (Fsp3) is 0.0556. The normalized spacial score (nSPS) is 11.0. The summed E-state index contributed by atoms with van der Waals surface area (Å²) in [5.41, 5.74) is 3.18. The minimum Gasteiger partial charge on any atom is -0.289 e. The van der Waals surface area contributed by atoms with E-state index < -0.39 is 0 Å². The van der Waals surface area contributed by atoms with Crippen LogP contribution in [-0.4, -0.2) is 20.5 Å². The van der Waals surface area contributed by atoms with Gasteiger partial charge in [0.05, 0.1) is 5.69 Å². The molecular formula is C18H13FN4OS. The summed E-state index contributed by atoms with van der Waals surface area (Å²) in [6.07, 6.45) is 0. The van der Waals surface area contributed by atoms with Crippen molar-refractivity contribution >= 4 is 28.2 Å². The molecule has 5 nitrogen and oxygen atoms in total. The Kier molecular flexibility index (Phi) is 3.77. The molecule has 25 heavy (non-hydrogen) atoms. The lowest BCUT2D eigenvalue weighted by Crippen LogP contribution is -2.13. The molecule has 0 unspecified atom stereocenters. The van der Waals surface area contributed by atoms with Gasteiger partial charge in [0.1, 0.15) is 5.82 Å². The van der Waals surface area contributed by atoms with Crippen LogP contribution < -0.4 is 5.32 Å². The van der Waals surface area contributed by atoms with Crippen molar-refractivity contribution in [2.45, 2.75) is 6.92 Å². The molecule has 0 atom stereocenters. The quantitative estimate of drug-likeness (QED) is 0.602. The highest BCUT2D eigenvalue weighted by molar-refractivity contribution is 7.15. The van der Waals surface area contributed by atoms with Crippen LogP contribution in [0.3, 0.4) is 0 Å². The molecule has 0 aliphatic heterocycles. The summed E-state index contributed by atoms with van der Waals surface area (Å²) < 4.78 is 14.7. The third-order valence-corrected chi connectivity index (χ3v) is 4.54. The summed E-state index contributed by atoms with van der Waals surface area (Å²) in [6, 6.07) is 13.5. The molecule has 124 valence electrons. The van der Waals surface area contributed by atoms with Gasteiger partial charge in [-0.05, 0) is 43.3 Å². The van der Waals surface area contributed by atoms with Crippen LogP contribution in [0.2, 0.25) is 0 Å². The Morgan fingerprint density at radius 2 is 2.00 bits per heavy atom. The Hall–Kier alpha value is -3.06. The third-order valence-electron chi connectivity index (χ3n) is 3.73. The van der Waals surface area contributed by atoms with E-state index in [1.807, 2.05) is 24.4 Å². The standard InChI is InChI=1S/C18H13FN4OS/c1-11-3-2-4-13(9-11)16(24)20-17-21-18-23(22-17)15(10-25-18)12-5-7-14(19)8-6-12/h2-10H,1H3,(H,20,22,24). The van der Waals surface area contributed by atoms with Crippen LogP contribution in [0.15, 0.2) is 53.9 Å². The van der Waals surface area contributed by atoms with Gasteiger partial charge in [-0.25, -0.2) is 8.91 Å². The summed E-state index contributed by atoms with van der Waals surface area (Å²) in [6.45, 7) is 1.93. The van der Waals surface area contributed by atoms with Crippen LogP contribution in [-0.2, 0) is 0 Å². The van der Waals surface area contributed by atoms with Crippen molar-refractivity contribution in [3.63, 3.8) is 0 Å². The number of thiazole rings is 1. The zero-order valence-corrected chi connectivity index (χ0v) is 14.0. The van der Waals surface area contributed by atoms with Crippen LogP contribution in [0.5, 0.6) is 0 Å². The molecule has 0 aliphatic rings. The van der Waals surface area contributed by atoms with Crippen molar-refractivity contribution in [3.05, 3.63) is 70.9 Å². The predicted molar refractivity (Wildman–Crippen MR) is 95.4 cm³/mol. The van der Waals surface area contributed by atoms with Gasteiger partial charge in [-0.1, -0.05) is 17.7 Å². The summed E-state index contributed by atoms with van der Waals surface area (Å²) in [5, 5.41) is 8.96. The van der Waals surface area contributed by atoms with E-state index in [-0.39, 0.29) is 17.7 Å². The predicted octanol–water partition coefficient (Wildman–Crippen LogP) is 4.16. The average Bonchev–Trinajstić information content (AvgIpc) is 3.16. The molecule has 0 saturated heterocycles. The van der Waals surface area contributed by atoms with Gasteiger partial charge >= 0.3 is 0 Å². The van der Waals surface area contributed by atoms with E-state index >= 15 is 0 Å². The largest absolute Gasteiger partial charge is 0.289 e. The Bertz CT molecular complexity index is 1070. The molecule has 0 aliphatic carbocycles. The van der Waals surface area contributed by atoms with E-state index in [9.17, 15) is 9.18 Å². The first-order valence-electron chi connectivity index (χ1n) is 7.58. The molecule has 1 amide bonds. The molecule has 4 rings (SSSR count). The van der Waals surface area contributed by atoms with Crippen LogP contribution in [0.4, 0.5) is 10.3 Å². The molecule has 4 aromatic rings. The monoisotopic (exact) mass is 352 g/mol. The smallest absolute Gasteiger partial charge is 0.258 e. The number of benzene rings is 2. The number of anilines is 1. The number of hydrogen-bond donors (Lipinski definition) is 1. The molecule has 0 radical (unpaired) electrons. The number of hydrogen-bond acceptors (Lipinski definition) is 4. The maximum absolute atomic E-state index is 13.1. The van der Waals surface area contributed by atoms with Crippen molar-refractivity contribution in [2.75, 3.05) is 5.32 Å². The Morgan fingerprint density at radius 1 is 1.20 bits per heavy atom. The highest BCUT2D eigenvalue weighted by atomic mass is 32.1.